The highest BCUT2D eigenvalue weighted by Crippen LogP contribution is 2.37. The van der Waals surface area contributed by atoms with Crippen LogP contribution in [0.1, 0.15) is 40.0 Å². The summed E-state index contributed by atoms with van der Waals surface area (Å²) in [7, 11) is 0. The van der Waals surface area contributed by atoms with Crippen LogP contribution in [0.4, 0.5) is 10.5 Å². The maximum absolute atomic E-state index is 13.0. The molecule has 5 nitrogen and oxygen atoms in total. The van der Waals surface area contributed by atoms with Gasteiger partial charge in [0.1, 0.15) is 12.1 Å². The highest BCUT2D eigenvalue weighted by molar-refractivity contribution is 5.95. The summed E-state index contributed by atoms with van der Waals surface area (Å²) in [5, 5.41) is 0. The number of rotatable bonds is 3. The number of esters is 1. The number of hydrogen-bond donors (Lipinski definition) is 0. The lowest BCUT2D eigenvalue weighted by molar-refractivity contribution is -0.155. The first-order valence-corrected chi connectivity index (χ1v) is 8.70. The summed E-state index contributed by atoms with van der Waals surface area (Å²) in [5.74, 6) is 0.0747. The molecule has 1 heterocycles. The fraction of sp³-hybridized carbons (Fsp3) is 0.579. The molecule has 24 heavy (non-hydrogen) atoms. The highest BCUT2D eigenvalue weighted by Gasteiger charge is 2.43. The summed E-state index contributed by atoms with van der Waals surface area (Å²) in [5.41, 5.74) is 0.374. The number of ether oxygens (including phenoxy) is 1. The van der Waals surface area contributed by atoms with Crippen molar-refractivity contribution < 1.29 is 14.3 Å². The van der Waals surface area contributed by atoms with Gasteiger partial charge in [0.25, 0.3) is 0 Å². The van der Waals surface area contributed by atoms with Crippen LogP contribution >= 0.6 is 0 Å². The van der Waals surface area contributed by atoms with Crippen LogP contribution in [-0.4, -0.2) is 41.6 Å². The van der Waals surface area contributed by atoms with E-state index in [-0.39, 0.29) is 24.6 Å². The molecule has 5 heteroatoms. The lowest BCUT2D eigenvalue weighted by Crippen LogP contribution is -2.58. The third-order valence-corrected chi connectivity index (χ3v) is 4.66. The van der Waals surface area contributed by atoms with Gasteiger partial charge in [0.2, 0.25) is 0 Å². The number of benzene rings is 1. The van der Waals surface area contributed by atoms with Gasteiger partial charge in [-0.3, -0.25) is 9.69 Å². The Morgan fingerprint density at radius 2 is 1.92 bits per heavy atom. The van der Waals surface area contributed by atoms with Crippen LogP contribution in [0.25, 0.3) is 0 Å². The number of carbonyl (C=O) groups excluding carboxylic acids is 2. The molecule has 2 atom stereocenters. The van der Waals surface area contributed by atoms with Crippen molar-refractivity contribution in [2.75, 3.05) is 18.0 Å². The summed E-state index contributed by atoms with van der Waals surface area (Å²) >= 11 is 0. The molecule has 2 aliphatic rings. The molecular formula is C19H26N2O3. The zero-order valence-electron chi connectivity index (χ0n) is 14.7. The fourth-order valence-corrected chi connectivity index (χ4v) is 3.78. The van der Waals surface area contributed by atoms with Crippen LogP contribution in [-0.2, 0) is 9.53 Å². The topological polar surface area (TPSA) is 49.9 Å². The van der Waals surface area contributed by atoms with Crippen molar-refractivity contribution >= 4 is 17.7 Å². The molecular weight excluding hydrogens is 304 g/mol. The summed E-state index contributed by atoms with van der Waals surface area (Å²) in [6.07, 6.45) is 3.27. The highest BCUT2D eigenvalue weighted by atomic mass is 16.6. The molecule has 0 aromatic heterocycles. The molecule has 130 valence electrons. The average Bonchev–Trinajstić information content (AvgIpc) is 2.94. The Hall–Kier alpha value is -2.04. The number of nitrogens with zero attached hydrogens (tertiary/aromatic N) is 2. The maximum Gasteiger partial charge on any atom is 0.326 e. The molecule has 1 aliphatic carbocycles. The molecule has 1 saturated heterocycles. The van der Waals surface area contributed by atoms with Gasteiger partial charge in [-0.2, -0.15) is 0 Å². The van der Waals surface area contributed by atoms with E-state index in [1.165, 1.54) is 0 Å². The van der Waals surface area contributed by atoms with Gasteiger partial charge in [-0.1, -0.05) is 24.6 Å². The van der Waals surface area contributed by atoms with Gasteiger partial charge in [-0.15, -0.1) is 0 Å². The Morgan fingerprint density at radius 3 is 2.58 bits per heavy atom. The standard InChI is InChI=1S/C19H26N2O3/c1-19(2,3)24-17(22)13-20-12-14-8-7-11-16(14)21(18(20)23)15-9-5-4-6-10-15/h4-6,9-10,14,16H,7-8,11-13H2,1-3H3/t14-,16-/m0/s1. The van der Waals surface area contributed by atoms with Crippen LogP contribution in [0.3, 0.4) is 0 Å². The van der Waals surface area contributed by atoms with E-state index in [1.807, 2.05) is 56.0 Å². The second kappa shape index (κ2) is 6.46. The van der Waals surface area contributed by atoms with E-state index in [0.29, 0.717) is 12.5 Å². The van der Waals surface area contributed by atoms with Gasteiger partial charge >= 0.3 is 12.0 Å². The maximum atomic E-state index is 13.0. The quantitative estimate of drug-likeness (QED) is 0.798. The number of amides is 2. The van der Waals surface area contributed by atoms with Crippen molar-refractivity contribution in [2.45, 2.75) is 51.7 Å². The van der Waals surface area contributed by atoms with Crippen molar-refractivity contribution in [3.8, 4) is 0 Å². The van der Waals surface area contributed by atoms with Crippen LogP contribution in [0.15, 0.2) is 30.3 Å². The van der Waals surface area contributed by atoms with Gasteiger partial charge in [-0.25, -0.2) is 4.79 Å². The van der Waals surface area contributed by atoms with Crippen LogP contribution in [0.5, 0.6) is 0 Å². The molecule has 0 radical (unpaired) electrons. The van der Waals surface area contributed by atoms with Crippen LogP contribution in [0.2, 0.25) is 0 Å². The van der Waals surface area contributed by atoms with Crippen LogP contribution < -0.4 is 4.90 Å². The molecule has 1 aliphatic heterocycles. The third-order valence-electron chi connectivity index (χ3n) is 4.66. The van der Waals surface area contributed by atoms with Crippen molar-refractivity contribution in [1.29, 1.82) is 0 Å². The van der Waals surface area contributed by atoms with Crippen molar-refractivity contribution in [1.82, 2.24) is 4.90 Å². The van der Waals surface area contributed by atoms with E-state index in [4.69, 9.17) is 4.74 Å². The van der Waals surface area contributed by atoms with Gasteiger partial charge < -0.3 is 9.64 Å². The van der Waals surface area contributed by atoms with E-state index in [1.54, 1.807) is 4.90 Å². The number of fused-ring (bicyclic) bond motifs is 1. The Kier molecular flexibility index (Phi) is 4.52. The largest absolute Gasteiger partial charge is 0.459 e. The molecule has 1 aromatic carbocycles. The smallest absolute Gasteiger partial charge is 0.326 e. The molecule has 1 saturated carbocycles. The fourth-order valence-electron chi connectivity index (χ4n) is 3.78. The first-order valence-electron chi connectivity index (χ1n) is 8.70. The summed E-state index contributed by atoms with van der Waals surface area (Å²) in [4.78, 5) is 28.7. The van der Waals surface area contributed by atoms with Crippen molar-refractivity contribution in [3.63, 3.8) is 0 Å². The normalized spacial score (nSPS) is 24.0. The third kappa shape index (κ3) is 3.55. The average molecular weight is 330 g/mol. The van der Waals surface area contributed by atoms with Gasteiger partial charge in [0, 0.05) is 18.3 Å². The number of para-hydroxylation sites is 1. The Morgan fingerprint density at radius 1 is 1.21 bits per heavy atom. The molecule has 2 fully saturated rings. The van der Waals surface area contributed by atoms with Gasteiger partial charge in [0.15, 0.2) is 0 Å². The molecule has 0 N–H and O–H groups in total. The monoisotopic (exact) mass is 330 g/mol. The molecule has 1 aromatic rings. The first-order chi connectivity index (χ1) is 11.3. The number of urea groups is 1. The Balaban J connectivity index is 1.79. The van der Waals surface area contributed by atoms with E-state index < -0.39 is 5.60 Å². The summed E-state index contributed by atoms with van der Waals surface area (Å²) in [6.45, 7) is 6.18. The second-order valence-electron chi connectivity index (χ2n) is 7.71. The minimum atomic E-state index is -0.537. The lowest BCUT2D eigenvalue weighted by Gasteiger charge is -2.43. The van der Waals surface area contributed by atoms with Gasteiger partial charge in [-0.05, 0) is 51.7 Å². The van der Waals surface area contributed by atoms with Crippen molar-refractivity contribution in [3.05, 3.63) is 30.3 Å². The predicted molar refractivity (Wildman–Crippen MR) is 92.9 cm³/mol. The van der Waals surface area contributed by atoms with E-state index in [9.17, 15) is 9.59 Å². The minimum Gasteiger partial charge on any atom is -0.459 e. The first kappa shape index (κ1) is 16.8. The van der Waals surface area contributed by atoms with E-state index >= 15 is 0 Å². The number of anilines is 1. The molecule has 0 bridgehead atoms. The number of carbonyl (C=O) groups is 2. The van der Waals surface area contributed by atoms with E-state index in [2.05, 4.69) is 0 Å². The molecule has 0 unspecified atom stereocenters. The summed E-state index contributed by atoms with van der Waals surface area (Å²) < 4.78 is 5.39. The second-order valence-corrected chi connectivity index (χ2v) is 7.71. The molecule has 3 rings (SSSR count). The zero-order valence-corrected chi connectivity index (χ0v) is 14.7. The Labute approximate surface area is 143 Å². The predicted octanol–water partition coefficient (Wildman–Crippen LogP) is 3.44. The van der Waals surface area contributed by atoms with Gasteiger partial charge in [0.05, 0.1) is 0 Å². The molecule has 0 spiro atoms. The summed E-state index contributed by atoms with van der Waals surface area (Å²) in [6, 6.07) is 9.92. The SMILES string of the molecule is CC(C)(C)OC(=O)CN1C[C@@H]2CCC[C@@H]2N(c2ccccc2)C1=O. The van der Waals surface area contributed by atoms with Crippen LogP contribution in [0, 0.1) is 5.92 Å². The molecule has 2 amide bonds. The Bertz CT molecular complexity index is 609. The number of hydrogen-bond acceptors (Lipinski definition) is 3. The lowest BCUT2D eigenvalue weighted by atomic mass is 9.98. The zero-order chi connectivity index (χ0) is 17.3. The van der Waals surface area contributed by atoms with Crippen molar-refractivity contribution in [2.24, 2.45) is 5.92 Å². The van der Waals surface area contributed by atoms with E-state index in [0.717, 1.165) is 24.9 Å². The minimum absolute atomic E-state index is 0.0165.